The predicted molar refractivity (Wildman–Crippen MR) is 70.7 cm³/mol. The highest BCUT2D eigenvalue weighted by molar-refractivity contribution is 5.72. The number of pyridine rings is 1. The Hall–Kier alpha value is -2.47. The first-order valence-electron chi connectivity index (χ1n) is 5.42. The first-order chi connectivity index (χ1) is 8.78. The fraction of sp³-hybridized carbons (Fsp3) is 0.133. The van der Waals surface area contributed by atoms with Crippen molar-refractivity contribution in [1.29, 1.82) is 0 Å². The van der Waals surface area contributed by atoms with Crippen LogP contribution in [0.15, 0.2) is 36.7 Å². The number of aromatic nitrogens is 1. The van der Waals surface area contributed by atoms with E-state index >= 15 is 0 Å². The third-order valence-electron chi connectivity index (χ3n) is 2.64. The Bertz CT molecular complexity index is 577. The average Bonchev–Trinajstić information content (AvgIpc) is 2.46. The van der Waals surface area contributed by atoms with Crippen LogP contribution in [0.1, 0.15) is 5.56 Å². The zero-order chi connectivity index (χ0) is 13.0. The van der Waals surface area contributed by atoms with Crippen LogP contribution in [0.25, 0.3) is 11.1 Å². The van der Waals surface area contributed by atoms with E-state index < -0.39 is 0 Å². The number of methoxy groups -OCH3 is 2. The van der Waals surface area contributed by atoms with Gasteiger partial charge in [-0.3, -0.25) is 4.98 Å². The fourth-order valence-corrected chi connectivity index (χ4v) is 1.71. The molecule has 90 valence electrons. The standard InChI is InChI=1S/C15H13NO2/c1-4-11-5-6-16-10-15(11)12-7-13(17-2)9-14(8-12)18-3/h1,5-10H,2-3H3. The summed E-state index contributed by atoms with van der Waals surface area (Å²) >= 11 is 0. The summed E-state index contributed by atoms with van der Waals surface area (Å²) in [4.78, 5) is 4.10. The molecule has 0 N–H and O–H groups in total. The van der Waals surface area contributed by atoms with E-state index in [0.29, 0.717) is 0 Å². The minimum Gasteiger partial charge on any atom is -0.497 e. The third-order valence-corrected chi connectivity index (χ3v) is 2.64. The second-order valence-electron chi connectivity index (χ2n) is 3.67. The first kappa shape index (κ1) is 12.0. The molecule has 0 radical (unpaired) electrons. The maximum absolute atomic E-state index is 5.49. The van der Waals surface area contributed by atoms with Crippen LogP contribution in [0.4, 0.5) is 0 Å². The van der Waals surface area contributed by atoms with Crippen LogP contribution in [0, 0.1) is 12.3 Å². The van der Waals surface area contributed by atoms with Gasteiger partial charge in [0.1, 0.15) is 11.5 Å². The molecule has 2 rings (SSSR count). The lowest BCUT2D eigenvalue weighted by molar-refractivity contribution is 0.394. The number of terminal acetylenes is 1. The van der Waals surface area contributed by atoms with Crippen molar-refractivity contribution in [2.45, 2.75) is 0 Å². The number of hydrogen-bond acceptors (Lipinski definition) is 3. The summed E-state index contributed by atoms with van der Waals surface area (Å²) in [5.74, 6) is 4.08. The van der Waals surface area contributed by atoms with E-state index in [-0.39, 0.29) is 0 Å². The highest BCUT2D eigenvalue weighted by Gasteiger charge is 2.07. The Labute approximate surface area is 106 Å². The molecule has 0 bridgehead atoms. The van der Waals surface area contributed by atoms with Gasteiger partial charge < -0.3 is 9.47 Å². The second-order valence-corrected chi connectivity index (χ2v) is 3.67. The fourth-order valence-electron chi connectivity index (χ4n) is 1.71. The quantitative estimate of drug-likeness (QED) is 0.772. The molecule has 0 spiro atoms. The Morgan fingerprint density at radius 1 is 1.11 bits per heavy atom. The molecule has 0 saturated heterocycles. The molecular weight excluding hydrogens is 226 g/mol. The van der Waals surface area contributed by atoms with E-state index in [1.165, 1.54) is 0 Å². The molecule has 18 heavy (non-hydrogen) atoms. The van der Waals surface area contributed by atoms with Crippen LogP contribution >= 0.6 is 0 Å². The number of rotatable bonds is 3. The van der Waals surface area contributed by atoms with Crippen molar-refractivity contribution in [1.82, 2.24) is 4.98 Å². The largest absolute Gasteiger partial charge is 0.497 e. The van der Waals surface area contributed by atoms with Crippen molar-refractivity contribution in [3.63, 3.8) is 0 Å². The number of nitrogens with zero attached hydrogens (tertiary/aromatic N) is 1. The number of hydrogen-bond donors (Lipinski definition) is 0. The van der Waals surface area contributed by atoms with Crippen LogP contribution in [-0.2, 0) is 0 Å². The highest BCUT2D eigenvalue weighted by Crippen LogP contribution is 2.30. The molecule has 3 heteroatoms. The predicted octanol–water partition coefficient (Wildman–Crippen LogP) is 2.75. The molecular formula is C15H13NO2. The van der Waals surface area contributed by atoms with Crippen molar-refractivity contribution in [3.8, 4) is 35.0 Å². The molecule has 3 nitrogen and oxygen atoms in total. The minimum atomic E-state index is 0.719. The van der Waals surface area contributed by atoms with Gasteiger partial charge >= 0.3 is 0 Å². The smallest absolute Gasteiger partial charge is 0.123 e. The van der Waals surface area contributed by atoms with Gasteiger partial charge in [0, 0.05) is 29.6 Å². The zero-order valence-corrected chi connectivity index (χ0v) is 10.3. The summed E-state index contributed by atoms with van der Waals surface area (Å²) in [5, 5.41) is 0. The molecule has 0 atom stereocenters. The molecule has 0 amide bonds. The van der Waals surface area contributed by atoms with Gasteiger partial charge in [0.15, 0.2) is 0 Å². The van der Waals surface area contributed by atoms with E-state index in [9.17, 15) is 0 Å². The average molecular weight is 239 g/mol. The van der Waals surface area contributed by atoms with Crippen molar-refractivity contribution in [2.75, 3.05) is 14.2 Å². The van der Waals surface area contributed by atoms with Gasteiger partial charge in [-0.25, -0.2) is 0 Å². The van der Waals surface area contributed by atoms with Gasteiger partial charge in [0.25, 0.3) is 0 Å². The molecule has 1 aromatic heterocycles. The summed E-state index contributed by atoms with van der Waals surface area (Å²) in [6.07, 6.45) is 8.90. The minimum absolute atomic E-state index is 0.719. The Morgan fingerprint density at radius 2 is 1.78 bits per heavy atom. The summed E-state index contributed by atoms with van der Waals surface area (Å²) < 4.78 is 10.5. The number of benzene rings is 1. The summed E-state index contributed by atoms with van der Waals surface area (Å²) in [7, 11) is 3.23. The van der Waals surface area contributed by atoms with Crippen LogP contribution in [0.5, 0.6) is 11.5 Å². The SMILES string of the molecule is C#Cc1ccncc1-c1cc(OC)cc(OC)c1. The molecule has 1 heterocycles. The zero-order valence-electron chi connectivity index (χ0n) is 10.3. The van der Waals surface area contributed by atoms with Gasteiger partial charge in [-0.15, -0.1) is 6.42 Å². The molecule has 0 fully saturated rings. The van der Waals surface area contributed by atoms with Gasteiger partial charge in [0.05, 0.1) is 14.2 Å². The topological polar surface area (TPSA) is 31.4 Å². The maximum atomic E-state index is 5.49. The van der Waals surface area contributed by atoms with Gasteiger partial charge in [-0.05, 0) is 23.8 Å². The van der Waals surface area contributed by atoms with Gasteiger partial charge in [-0.1, -0.05) is 5.92 Å². The lowest BCUT2D eigenvalue weighted by atomic mass is 10.0. The molecule has 0 unspecified atom stereocenters. The third kappa shape index (κ3) is 2.28. The monoisotopic (exact) mass is 239 g/mol. The van der Waals surface area contributed by atoms with Crippen LogP contribution in [0.2, 0.25) is 0 Å². The molecule has 0 aliphatic rings. The highest BCUT2D eigenvalue weighted by atomic mass is 16.5. The lowest BCUT2D eigenvalue weighted by Gasteiger charge is -2.09. The molecule has 0 aliphatic carbocycles. The summed E-state index contributed by atoms with van der Waals surface area (Å²) in [5.41, 5.74) is 2.60. The lowest BCUT2D eigenvalue weighted by Crippen LogP contribution is -1.91. The van der Waals surface area contributed by atoms with Gasteiger partial charge in [-0.2, -0.15) is 0 Å². The van der Waals surface area contributed by atoms with Crippen molar-refractivity contribution in [2.24, 2.45) is 0 Å². The summed E-state index contributed by atoms with van der Waals surface area (Å²) in [6, 6.07) is 7.43. The van der Waals surface area contributed by atoms with E-state index in [2.05, 4.69) is 10.9 Å². The van der Waals surface area contributed by atoms with E-state index in [1.807, 2.05) is 18.2 Å². The Morgan fingerprint density at radius 3 is 2.33 bits per heavy atom. The first-order valence-corrected chi connectivity index (χ1v) is 5.42. The molecule has 0 saturated carbocycles. The van der Waals surface area contributed by atoms with E-state index in [1.54, 1.807) is 32.7 Å². The summed E-state index contributed by atoms with van der Waals surface area (Å²) in [6.45, 7) is 0. The van der Waals surface area contributed by atoms with Gasteiger partial charge in [0.2, 0.25) is 0 Å². The molecule has 1 aromatic carbocycles. The maximum Gasteiger partial charge on any atom is 0.123 e. The van der Waals surface area contributed by atoms with Crippen molar-refractivity contribution < 1.29 is 9.47 Å². The van der Waals surface area contributed by atoms with Crippen LogP contribution in [-0.4, -0.2) is 19.2 Å². The molecule has 0 aliphatic heterocycles. The molecule has 2 aromatic rings. The Balaban J connectivity index is 2.60. The number of ether oxygens (including phenoxy) is 2. The Kier molecular flexibility index (Phi) is 3.49. The van der Waals surface area contributed by atoms with E-state index in [0.717, 1.165) is 28.2 Å². The van der Waals surface area contributed by atoms with Crippen LogP contribution in [0.3, 0.4) is 0 Å². The second kappa shape index (κ2) is 5.24. The van der Waals surface area contributed by atoms with Crippen molar-refractivity contribution >= 4 is 0 Å². The normalized spacial score (nSPS) is 9.61. The van der Waals surface area contributed by atoms with E-state index in [4.69, 9.17) is 15.9 Å². The van der Waals surface area contributed by atoms with Crippen molar-refractivity contribution in [3.05, 3.63) is 42.2 Å². The van der Waals surface area contributed by atoms with Crippen LogP contribution < -0.4 is 9.47 Å².